The first-order chi connectivity index (χ1) is 11.0. The van der Waals surface area contributed by atoms with Crippen LogP contribution < -0.4 is 5.32 Å². The first kappa shape index (κ1) is 14.6. The molecule has 5 heterocycles. The largest absolute Gasteiger partial charge is 0.463 e. The van der Waals surface area contributed by atoms with Crippen molar-refractivity contribution in [3.63, 3.8) is 0 Å². The van der Waals surface area contributed by atoms with Crippen LogP contribution in [0.4, 0.5) is 4.39 Å². The Morgan fingerprint density at radius 2 is 2.17 bits per heavy atom. The van der Waals surface area contributed by atoms with Crippen molar-refractivity contribution in [2.24, 2.45) is 5.92 Å². The molecule has 2 aromatic heterocycles. The molecule has 122 valence electrons. The highest BCUT2D eigenvalue weighted by molar-refractivity contribution is 5.96. The summed E-state index contributed by atoms with van der Waals surface area (Å²) in [4.78, 5) is 19.0. The molecule has 3 saturated heterocycles. The summed E-state index contributed by atoms with van der Waals surface area (Å²) in [6, 6.07) is 1.53. The number of fused-ring (bicyclic) bond motifs is 4. The third-order valence-electron chi connectivity index (χ3n) is 5.54. The molecule has 23 heavy (non-hydrogen) atoms. The number of amides is 1. The Kier molecular flexibility index (Phi) is 3.20. The summed E-state index contributed by atoms with van der Waals surface area (Å²) < 4.78 is 19.6. The van der Waals surface area contributed by atoms with Crippen molar-refractivity contribution in [1.82, 2.24) is 15.2 Å². The number of furan rings is 1. The van der Waals surface area contributed by atoms with Crippen LogP contribution in [0.3, 0.4) is 0 Å². The molecule has 3 aliphatic rings. The van der Waals surface area contributed by atoms with Gasteiger partial charge >= 0.3 is 0 Å². The molecule has 5 rings (SSSR count). The first-order valence-corrected chi connectivity index (χ1v) is 8.06. The smallest absolute Gasteiger partial charge is 0.273 e. The Morgan fingerprint density at radius 3 is 2.87 bits per heavy atom. The normalized spacial score (nSPS) is 28.9. The van der Waals surface area contributed by atoms with E-state index in [1.54, 1.807) is 0 Å². The topological polar surface area (TPSA) is 58.4 Å². The monoisotopic (exact) mass is 317 g/mol. The summed E-state index contributed by atoms with van der Waals surface area (Å²) >= 11 is 0. The van der Waals surface area contributed by atoms with E-state index in [4.69, 9.17) is 4.42 Å². The maximum absolute atomic E-state index is 14.5. The summed E-state index contributed by atoms with van der Waals surface area (Å²) in [7, 11) is 0. The number of aromatic nitrogens is 1. The van der Waals surface area contributed by atoms with Crippen LogP contribution in [0, 0.1) is 11.7 Å². The van der Waals surface area contributed by atoms with Gasteiger partial charge in [-0.3, -0.25) is 9.69 Å². The molecule has 1 N–H and O–H groups in total. The maximum atomic E-state index is 14.5. The molecule has 3 aliphatic heterocycles. The lowest BCUT2D eigenvalue weighted by Crippen LogP contribution is -2.69. The minimum absolute atomic E-state index is 0.0127. The van der Waals surface area contributed by atoms with Gasteiger partial charge in [-0.15, -0.1) is 0 Å². The lowest BCUT2D eigenvalue weighted by Gasteiger charge is -2.56. The molecule has 5 nitrogen and oxygen atoms in total. The van der Waals surface area contributed by atoms with Crippen LogP contribution in [-0.4, -0.2) is 40.5 Å². The number of rotatable bonds is 2. The van der Waals surface area contributed by atoms with E-state index in [0.29, 0.717) is 16.9 Å². The van der Waals surface area contributed by atoms with E-state index in [2.05, 4.69) is 29.0 Å². The van der Waals surface area contributed by atoms with E-state index in [1.165, 1.54) is 18.5 Å². The van der Waals surface area contributed by atoms with Crippen LogP contribution in [0.5, 0.6) is 0 Å². The van der Waals surface area contributed by atoms with Crippen LogP contribution in [0.15, 0.2) is 22.9 Å². The molecule has 1 unspecified atom stereocenters. The zero-order valence-corrected chi connectivity index (χ0v) is 13.3. The Labute approximate surface area is 133 Å². The highest BCUT2D eigenvalue weighted by Gasteiger charge is 2.48. The molecule has 0 aromatic carbocycles. The van der Waals surface area contributed by atoms with Gasteiger partial charge < -0.3 is 9.73 Å². The number of halogens is 1. The molecule has 0 saturated carbocycles. The van der Waals surface area contributed by atoms with Gasteiger partial charge in [-0.2, -0.15) is 0 Å². The van der Waals surface area contributed by atoms with Gasteiger partial charge in [-0.1, -0.05) is 0 Å². The molecule has 1 amide bonds. The van der Waals surface area contributed by atoms with Crippen molar-refractivity contribution < 1.29 is 13.6 Å². The van der Waals surface area contributed by atoms with Crippen LogP contribution in [0.25, 0.3) is 11.0 Å². The molecule has 1 atom stereocenters. The first-order valence-electron chi connectivity index (χ1n) is 8.06. The second-order valence-electron chi connectivity index (χ2n) is 7.05. The average Bonchev–Trinajstić information content (AvgIpc) is 3.01. The predicted octanol–water partition coefficient (Wildman–Crippen LogP) is 2.57. The average molecular weight is 317 g/mol. The summed E-state index contributed by atoms with van der Waals surface area (Å²) in [6.07, 6.45) is 4.94. The fraction of sp³-hybridized carbons (Fsp3) is 0.529. The molecule has 2 aromatic rings. The quantitative estimate of drug-likeness (QED) is 0.925. The van der Waals surface area contributed by atoms with Crippen LogP contribution in [0.1, 0.15) is 37.2 Å². The van der Waals surface area contributed by atoms with Crippen LogP contribution >= 0.6 is 0 Å². The van der Waals surface area contributed by atoms with Crippen molar-refractivity contribution in [2.75, 3.05) is 13.1 Å². The van der Waals surface area contributed by atoms with Gasteiger partial charge in [0, 0.05) is 11.6 Å². The number of piperidine rings is 3. The van der Waals surface area contributed by atoms with E-state index < -0.39 is 11.7 Å². The van der Waals surface area contributed by atoms with Crippen molar-refractivity contribution >= 4 is 16.9 Å². The molecule has 2 bridgehead atoms. The van der Waals surface area contributed by atoms with E-state index in [1.807, 2.05) is 0 Å². The molecule has 6 heteroatoms. The number of carbonyl (C=O) groups is 1. The number of nitrogens with zero attached hydrogens (tertiary/aromatic N) is 2. The van der Waals surface area contributed by atoms with Crippen LogP contribution in [0.2, 0.25) is 0 Å². The lowest BCUT2D eigenvalue weighted by molar-refractivity contribution is -0.0379. The Hall–Kier alpha value is -1.95. The van der Waals surface area contributed by atoms with E-state index in [0.717, 1.165) is 25.9 Å². The van der Waals surface area contributed by atoms with Crippen molar-refractivity contribution in [2.45, 2.75) is 38.3 Å². The van der Waals surface area contributed by atoms with Gasteiger partial charge in [0.25, 0.3) is 5.91 Å². The fourth-order valence-corrected chi connectivity index (χ4v) is 4.15. The second-order valence-corrected chi connectivity index (χ2v) is 7.05. The molecular weight excluding hydrogens is 297 g/mol. The minimum Gasteiger partial charge on any atom is -0.463 e. The van der Waals surface area contributed by atoms with Gasteiger partial charge in [0.15, 0.2) is 17.1 Å². The standard InChI is InChI=1S/C17H20FN3O2/c1-17(2)15(10-3-6-21(17)7-4-10)20-16(22)14-13(18)11-5-8-23-12(11)9-19-14/h5,8-10,15H,3-4,6-7H2,1-2H3,(H,20,22). The van der Waals surface area contributed by atoms with Crippen molar-refractivity contribution in [3.05, 3.63) is 30.0 Å². The third kappa shape index (κ3) is 2.16. The number of carbonyl (C=O) groups excluding carboxylic acids is 1. The third-order valence-corrected chi connectivity index (χ3v) is 5.54. The molecule has 0 aliphatic carbocycles. The minimum atomic E-state index is -0.618. The van der Waals surface area contributed by atoms with Gasteiger partial charge in [0.2, 0.25) is 0 Å². The Morgan fingerprint density at radius 1 is 1.43 bits per heavy atom. The molecular formula is C17H20FN3O2. The Balaban J connectivity index is 1.63. The number of hydrogen-bond donors (Lipinski definition) is 1. The highest BCUT2D eigenvalue weighted by Crippen LogP contribution is 2.39. The molecule has 0 spiro atoms. The zero-order chi connectivity index (χ0) is 16.2. The Bertz CT molecular complexity index is 762. The predicted molar refractivity (Wildman–Crippen MR) is 83.6 cm³/mol. The molecule has 0 radical (unpaired) electrons. The summed E-state index contributed by atoms with van der Waals surface area (Å²) in [5, 5.41) is 3.33. The highest BCUT2D eigenvalue weighted by atomic mass is 19.1. The van der Waals surface area contributed by atoms with Crippen molar-refractivity contribution in [1.29, 1.82) is 0 Å². The van der Waals surface area contributed by atoms with Crippen LogP contribution in [-0.2, 0) is 0 Å². The van der Waals surface area contributed by atoms with Gasteiger partial charge in [0.1, 0.15) is 0 Å². The lowest BCUT2D eigenvalue weighted by atomic mass is 9.72. The SMILES string of the molecule is CC1(C)C(NC(=O)c2ncc3occc3c2F)C2CCN1CC2. The molecule has 3 fully saturated rings. The van der Waals surface area contributed by atoms with Crippen molar-refractivity contribution in [3.8, 4) is 0 Å². The summed E-state index contributed by atoms with van der Waals surface area (Å²) in [5.74, 6) is -0.620. The second kappa shape index (κ2) is 5.03. The summed E-state index contributed by atoms with van der Waals surface area (Å²) in [5.41, 5.74) is 0.0703. The number of pyridine rings is 1. The van der Waals surface area contributed by atoms with E-state index in [-0.39, 0.29) is 17.3 Å². The zero-order valence-electron chi connectivity index (χ0n) is 13.3. The van der Waals surface area contributed by atoms with Gasteiger partial charge in [-0.05, 0) is 51.8 Å². The number of hydrogen-bond acceptors (Lipinski definition) is 4. The summed E-state index contributed by atoms with van der Waals surface area (Å²) in [6.45, 7) is 6.42. The number of nitrogens with one attached hydrogen (secondary N) is 1. The van der Waals surface area contributed by atoms with E-state index in [9.17, 15) is 9.18 Å². The van der Waals surface area contributed by atoms with Gasteiger partial charge in [-0.25, -0.2) is 9.37 Å². The van der Waals surface area contributed by atoms with Gasteiger partial charge in [0.05, 0.1) is 17.8 Å². The van der Waals surface area contributed by atoms with E-state index >= 15 is 0 Å². The fourth-order valence-electron chi connectivity index (χ4n) is 4.15. The maximum Gasteiger partial charge on any atom is 0.273 e.